The maximum atomic E-state index is 6.43. The minimum absolute atomic E-state index is 0.758. The lowest BCUT2D eigenvalue weighted by atomic mass is 10.1. The fourth-order valence-electron chi connectivity index (χ4n) is 3.24. The lowest BCUT2D eigenvalue weighted by Crippen LogP contribution is -2.06. The summed E-state index contributed by atoms with van der Waals surface area (Å²) in [5.74, 6) is 0.758. The van der Waals surface area contributed by atoms with Crippen molar-refractivity contribution in [2.45, 2.75) is 20.8 Å². The predicted molar refractivity (Wildman–Crippen MR) is 90.6 cm³/mol. The average molecular weight is 290 g/mol. The molecular formula is C18H18N4. The van der Waals surface area contributed by atoms with E-state index in [1.54, 1.807) is 0 Å². The first-order chi connectivity index (χ1) is 10.6. The molecule has 0 radical (unpaired) electrons. The lowest BCUT2D eigenvalue weighted by molar-refractivity contribution is 1.04. The van der Waals surface area contributed by atoms with Gasteiger partial charge in [-0.3, -0.25) is 8.97 Å². The van der Waals surface area contributed by atoms with Crippen LogP contribution in [0.25, 0.3) is 22.5 Å². The molecule has 0 bridgehead atoms. The zero-order valence-corrected chi connectivity index (χ0v) is 13.0. The van der Waals surface area contributed by atoms with Crippen LogP contribution in [0.5, 0.6) is 0 Å². The Labute approximate surface area is 128 Å². The van der Waals surface area contributed by atoms with Gasteiger partial charge in [0.1, 0.15) is 17.0 Å². The van der Waals surface area contributed by atoms with E-state index in [9.17, 15) is 0 Å². The van der Waals surface area contributed by atoms with E-state index in [4.69, 9.17) is 10.7 Å². The Hall–Kier alpha value is -2.75. The fourth-order valence-corrected chi connectivity index (χ4v) is 3.24. The Morgan fingerprint density at radius 2 is 1.68 bits per heavy atom. The number of hydrogen-bond acceptors (Lipinski definition) is 2. The topological polar surface area (TPSA) is 48.2 Å². The van der Waals surface area contributed by atoms with Crippen molar-refractivity contribution in [2.24, 2.45) is 0 Å². The standard InChI is InChI=1S/C18H18N4/c1-11-7-6-8-12(2)16(11)22-17(19)13(3)15-18(22)21-10-5-4-9-14(21)20-15/h4-10H,19H2,1-3H3. The first kappa shape index (κ1) is 13.0. The second-order valence-electron chi connectivity index (χ2n) is 5.80. The molecule has 0 amide bonds. The number of rotatable bonds is 1. The van der Waals surface area contributed by atoms with E-state index in [1.165, 1.54) is 11.1 Å². The number of nitrogen functional groups attached to an aromatic ring is 1. The highest BCUT2D eigenvalue weighted by Gasteiger charge is 2.20. The number of benzene rings is 1. The highest BCUT2D eigenvalue weighted by atomic mass is 15.2. The van der Waals surface area contributed by atoms with E-state index >= 15 is 0 Å². The maximum Gasteiger partial charge on any atom is 0.151 e. The second kappa shape index (κ2) is 4.37. The molecule has 1 aromatic carbocycles. The zero-order valence-electron chi connectivity index (χ0n) is 13.0. The van der Waals surface area contributed by atoms with Crippen molar-refractivity contribution in [3.05, 3.63) is 59.3 Å². The van der Waals surface area contributed by atoms with Crippen LogP contribution in [0.1, 0.15) is 16.7 Å². The van der Waals surface area contributed by atoms with Gasteiger partial charge >= 0.3 is 0 Å². The molecule has 0 aliphatic carbocycles. The van der Waals surface area contributed by atoms with Crippen LogP contribution in [0.15, 0.2) is 42.6 Å². The summed E-state index contributed by atoms with van der Waals surface area (Å²) in [7, 11) is 0. The molecule has 4 nitrogen and oxygen atoms in total. The fraction of sp³-hybridized carbons (Fsp3) is 0.167. The summed E-state index contributed by atoms with van der Waals surface area (Å²) in [6, 6.07) is 12.3. The predicted octanol–water partition coefficient (Wildman–Crippen LogP) is 3.79. The SMILES string of the molecule is Cc1cccc(C)c1-n1c(N)c(C)c2nc3ccccn3c21. The first-order valence-electron chi connectivity index (χ1n) is 7.39. The summed E-state index contributed by atoms with van der Waals surface area (Å²) in [6.07, 6.45) is 2.04. The zero-order chi connectivity index (χ0) is 15.4. The quantitative estimate of drug-likeness (QED) is 0.580. The van der Waals surface area contributed by atoms with Crippen molar-refractivity contribution >= 4 is 22.6 Å². The molecule has 110 valence electrons. The molecular weight excluding hydrogens is 272 g/mol. The van der Waals surface area contributed by atoms with E-state index in [0.29, 0.717) is 0 Å². The number of fused-ring (bicyclic) bond motifs is 3. The van der Waals surface area contributed by atoms with Gasteiger partial charge in [-0.2, -0.15) is 0 Å². The molecule has 0 aliphatic rings. The van der Waals surface area contributed by atoms with Crippen molar-refractivity contribution in [1.82, 2.24) is 14.0 Å². The summed E-state index contributed by atoms with van der Waals surface area (Å²) in [5.41, 5.74) is 13.9. The molecule has 0 spiro atoms. The Morgan fingerprint density at radius 1 is 0.955 bits per heavy atom. The van der Waals surface area contributed by atoms with Gasteiger partial charge in [-0.05, 0) is 44.0 Å². The third-order valence-corrected chi connectivity index (χ3v) is 4.36. The number of pyridine rings is 1. The number of para-hydroxylation sites is 1. The molecule has 0 fully saturated rings. The van der Waals surface area contributed by atoms with Crippen LogP contribution in [-0.2, 0) is 0 Å². The van der Waals surface area contributed by atoms with E-state index < -0.39 is 0 Å². The van der Waals surface area contributed by atoms with Crippen LogP contribution in [0.2, 0.25) is 0 Å². The molecule has 3 aromatic heterocycles. The molecule has 2 N–H and O–H groups in total. The van der Waals surface area contributed by atoms with Crippen LogP contribution in [0.4, 0.5) is 5.82 Å². The van der Waals surface area contributed by atoms with Crippen LogP contribution in [-0.4, -0.2) is 14.0 Å². The molecule has 4 heteroatoms. The smallest absolute Gasteiger partial charge is 0.151 e. The molecule has 3 heterocycles. The number of anilines is 1. The van der Waals surface area contributed by atoms with Crippen LogP contribution >= 0.6 is 0 Å². The van der Waals surface area contributed by atoms with Crippen molar-refractivity contribution in [1.29, 1.82) is 0 Å². The van der Waals surface area contributed by atoms with Gasteiger partial charge in [-0.1, -0.05) is 24.3 Å². The minimum Gasteiger partial charge on any atom is -0.384 e. The van der Waals surface area contributed by atoms with Gasteiger partial charge in [0.2, 0.25) is 0 Å². The van der Waals surface area contributed by atoms with Crippen molar-refractivity contribution < 1.29 is 0 Å². The number of nitrogens with zero attached hydrogens (tertiary/aromatic N) is 3. The molecule has 0 saturated heterocycles. The van der Waals surface area contributed by atoms with Gasteiger partial charge in [0.05, 0.1) is 5.69 Å². The number of imidazole rings is 1. The molecule has 4 rings (SSSR count). The molecule has 0 unspecified atom stereocenters. The van der Waals surface area contributed by atoms with Gasteiger partial charge < -0.3 is 5.73 Å². The first-order valence-corrected chi connectivity index (χ1v) is 7.39. The Morgan fingerprint density at radius 3 is 2.41 bits per heavy atom. The van der Waals surface area contributed by atoms with Gasteiger partial charge in [0.25, 0.3) is 0 Å². The van der Waals surface area contributed by atoms with Crippen LogP contribution in [0.3, 0.4) is 0 Å². The molecule has 0 saturated carbocycles. The maximum absolute atomic E-state index is 6.43. The Balaban J connectivity index is 2.24. The summed E-state index contributed by atoms with van der Waals surface area (Å²) in [5, 5.41) is 0. The number of aromatic nitrogens is 3. The monoisotopic (exact) mass is 290 g/mol. The van der Waals surface area contributed by atoms with E-state index in [1.807, 2.05) is 31.3 Å². The second-order valence-corrected chi connectivity index (χ2v) is 5.80. The van der Waals surface area contributed by atoms with Gasteiger partial charge in [-0.25, -0.2) is 4.98 Å². The summed E-state index contributed by atoms with van der Waals surface area (Å²) >= 11 is 0. The summed E-state index contributed by atoms with van der Waals surface area (Å²) < 4.78 is 4.24. The van der Waals surface area contributed by atoms with Crippen molar-refractivity contribution in [2.75, 3.05) is 5.73 Å². The molecule has 0 aliphatic heterocycles. The summed E-state index contributed by atoms with van der Waals surface area (Å²) in [6.45, 7) is 6.27. The van der Waals surface area contributed by atoms with E-state index in [2.05, 4.69) is 41.0 Å². The van der Waals surface area contributed by atoms with Gasteiger partial charge in [-0.15, -0.1) is 0 Å². The van der Waals surface area contributed by atoms with Crippen molar-refractivity contribution in [3.8, 4) is 5.69 Å². The van der Waals surface area contributed by atoms with Crippen LogP contribution < -0.4 is 5.73 Å². The van der Waals surface area contributed by atoms with Crippen molar-refractivity contribution in [3.63, 3.8) is 0 Å². The average Bonchev–Trinajstić information content (AvgIpc) is 2.98. The number of nitrogens with two attached hydrogens (primary N) is 1. The van der Waals surface area contributed by atoms with Gasteiger partial charge in [0.15, 0.2) is 5.65 Å². The molecule has 22 heavy (non-hydrogen) atoms. The molecule has 4 aromatic rings. The lowest BCUT2D eigenvalue weighted by Gasteiger charge is -2.14. The highest BCUT2D eigenvalue weighted by molar-refractivity contribution is 5.89. The highest BCUT2D eigenvalue weighted by Crippen LogP contribution is 2.33. The third-order valence-electron chi connectivity index (χ3n) is 4.36. The minimum atomic E-state index is 0.758. The Kier molecular flexibility index (Phi) is 2.57. The Bertz CT molecular complexity index is 1000. The molecule has 0 atom stereocenters. The van der Waals surface area contributed by atoms with E-state index in [-0.39, 0.29) is 0 Å². The number of hydrogen-bond donors (Lipinski definition) is 1. The largest absolute Gasteiger partial charge is 0.384 e. The third kappa shape index (κ3) is 1.55. The summed E-state index contributed by atoms with van der Waals surface area (Å²) in [4.78, 5) is 4.74. The normalized spacial score (nSPS) is 11.6. The van der Waals surface area contributed by atoms with Gasteiger partial charge in [0, 0.05) is 11.8 Å². The van der Waals surface area contributed by atoms with E-state index in [0.717, 1.165) is 33.9 Å². The van der Waals surface area contributed by atoms with Crippen LogP contribution in [0, 0.1) is 20.8 Å². The number of aryl methyl sites for hydroxylation is 3.